The van der Waals surface area contributed by atoms with E-state index in [0.717, 1.165) is 35.3 Å². The number of aryl methyl sites for hydroxylation is 1. The normalized spacial score (nSPS) is 13.1. The first-order valence-corrected chi connectivity index (χ1v) is 11.4. The van der Waals surface area contributed by atoms with E-state index in [1.54, 1.807) is 23.0 Å². The van der Waals surface area contributed by atoms with Gasteiger partial charge < -0.3 is 10.6 Å². The number of amides is 1. The van der Waals surface area contributed by atoms with Gasteiger partial charge in [0.1, 0.15) is 0 Å². The molecular weight excluding hydrogens is 440 g/mol. The molecule has 2 N–H and O–H groups in total. The zero-order chi connectivity index (χ0) is 23.9. The van der Waals surface area contributed by atoms with Gasteiger partial charge in [0.15, 0.2) is 11.5 Å². The Hall–Kier alpha value is -4.71. The van der Waals surface area contributed by atoms with Crippen molar-refractivity contribution in [1.82, 2.24) is 29.5 Å². The van der Waals surface area contributed by atoms with Gasteiger partial charge in [-0.15, -0.1) is 0 Å². The third kappa shape index (κ3) is 3.85. The number of nitrogens with one attached hydrogen (secondary N) is 2. The molecule has 1 amide bonds. The van der Waals surface area contributed by atoms with Crippen LogP contribution in [0.25, 0.3) is 27.9 Å². The second-order valence-electron chi connectivity index (χ2n) is 8.70. The molecule has 0 spiro atoms. The zero-order valence-electron chi connectivity index (χ0n) is 19.1. The Morgan fingerprint density at radius 2 is 2.00 bits per heavy atom. The highest BCUT2D eigenvalue weighted by molar-refractivity contribution is 5.95. The summed E-state index contributed by atoms with van der Waals surface area (Å²) < 4.78 is 3.84. The van der Waals surface area contributed by atoms with Crippen molar-refractivity contribution in [2.75, 3.05) is 5.32 Å². The Labute approximate surface area is 201 Å². The summed E-state index contributed by atoms with van der Waals surface area (Å²) in [4.78, 5) is 21.9. The van der Waals surface area contributed by atoms with Crippen LogP contribution in [0.5, 0.6) is 0 Å². The van der Waals surface area contributed by atoms with Crippen molar-refractivity contribution in [3.05, 3.63) is 77.7 Å². The third-order valence-electron chi connectivity index (χ3n) is 6.27. The van der Waals surface area contributed by atoms with Crippen LogP contribution in [0.4, 0.5) is 5.82 Å². The maximum absolute atomic E-state index is 12.4. The number of carbonyl (C=O) groups is 1. The number of anilines is 1. The van der Waals surface area contributed by atoms with E-state index in [9.17, 15) is 10.1 Å². The third-order valence-corrected chi connectivity index (χ3v) is 6.27. The largest absolute Gasteiger partial charge is 0.361 e. The number of fused-ring (bicyclic) bond motifs is 3. The molecule has 3 heterocycles. The Morgan fingerprint density at radius 1 is 1.17 bits per heavy atom. The number of hydrogen-bond donors (Lipinski definition) is 2. The Balaban J connectivity index is 1.44. The molecule has 1 aliphatic rings. The number of nitrogens with zero attached hydrogens (tertiary/aromatic N) is 6. The summed E-state index contributed by atoms with van der Waals surface area (Å²) in [7, 11) is 1.89. The van der Waals surface area contributed by atoms with Crippen LogP contribution in [0.3, 0.4) is 0 Å². The minimum atomic E-state index is -0.0440. The van der Waals surface area contributed by atoms with E-state index in [1.165, 1.54) is 0 Å². The van der Waals surface area contributed by atoms with Crippen LogP contribution >= 0.6 is 0 Å². The van der Waals surface area contributed by atoms with Gasteiger partial charge in [0, 0.05) is 30.4 Å². The van der Waals surface area contributed by atoms with Crippen molar-refractivity contribution >= 4 is 28.4 Å². The standard InChI is InChI=1S/C26H22N8O/c1-33-20(10-11-30-33)14-28-24-25-29-15-23(34(25)22-9-2-16(13-27)12-21(22)32-24)17-3-5-18(6-4-17)26(35)31-19-7-8-19/h2-6,9-12,15,19H,7-8,14H2,1H3,(H,28,32)(H,31,35). The lowest BCUT2D eigenvalue weighted by Gasteiger charge is -2.12. The summed E-state index contributed by atoms with van der Waals surface area (Å²) in [6.45, 7) is 0.523. The Bertz CT molecular complexity index is 1620. The number of benzene rings is 2. The highest BCUT2D eigenvalue weighted by atomic mass is 16.1. The molecule has 0 radical (unpaired) electrons. The quantitative estimate of drug-likeness (QED) is 0.398. The van der Waals surface area contributed by atoms with Gasteiger partial charge >= 0.3 is 0 Å². The van der Waals surface area contributed by atoms with Gasteiger partial charge in [-0.05, 0) is 49.2 Å². The number of nitriles is 1. The Morgan fingerprint density at radius 3 is 2.71 bits per heavy atom. The number of rotatable bonds is 6. The van der Waals surface area contributed by atoms with E-state index in [0.29, 0.717) is 40.7 Å². The second kappa shape index (κ2) is 8.25. The molecule has 5 aromatic rings. The number of hydrogen-bond acceptors (Lipinski definition) is 6. The fraction of sp³-hybridized carbons (Fsp3) is 0.192. The fourth-order valence-corrected chi connectivity index (χ4v) is 4.16. The molecule has 1 aliphatic carbocycles. The lowest BCUT2D eigenvalue weighted by molar-refractivity contribution is 0.0951. The lowest BCUT2D eigenvalue weighted by atomic mass is 10.1. The van der Waals surface area contributed by atoms with Crippen LogP contribution in [0.2, 0.25) is 0 Å². The number of aromatic nitrogens is 5. The molecular formula is C26H22N8O. The SMILES string of the molecule is Cn1nccc1CNc1nc2cc(C#N)ccc2n2c(-c3ccc(C(=O)NC4CC4)cc3)cnc12. The van der Waals surface area contributed by atoms with E-state index in [-0.39, 0.29) is 5.91 Å². The smallest absolute Gasteiger partial charge is 0.251 e. The summed E-state index contributed by atoms with van der Waals surface area (Å²) in [5.41, 5.74) is 6.17. The summed E-state index contributed by atoms with van der Waals surface area (Å²) in [5, 5.41) is 20.0. The molecule has 0 atom stereocenters. The van der Waals surface area contributed by atoms with Crippen LogP contribution in [0, 0.1) is 11.3 Å². The predicted molar refractivity (Wildman–Crippen MR) is 132 cm³/mol. The first kappa shape index (κ1) is 20.9. The molecule has 2 aromatic carbocycles. The highest BCUT2D eigenvalue weighted by Gasteiger charge is 2.24. The Kier molecular flexibility index (Phi) is 4.92. The summed E-state index contributed by atoms with van der Waals surface area (Å²) in [6, 6.07) is 17.4. The molecule has 0 bridgehead atoms. The van der Waals surface area contributed by atoms with Crippen molar-refractivity contribution in [2.45, 2.75) is 25.4 Å². The molecule has 35 heavy (non-hydrogen) atoms. The van der Waals surface area contributed by atoms with Crippen LogP contribution in [-0.2, 0) is 13.6 Å². The minimum absolute atomic E-state index is 0.0440. The maximum Gasteiger partial charge on any atom is 0.251 e. The van der Waals surface area contributed by atoms with Crippen molar-refractivity contribution in [3.63, 3.8) is 0 Å². The average molecular weight is 463 g/mol. The summed E-state index contributed by atoms with van der Waals surface area (Å²) >= 11 is 0. The van der Waals surface area contributed by atoms with E-state index >= 15 is 0 Å². The average Bonchev–Trinajstić information content (AvgIpc) is 3.42. The summed E-state index contributed by atoms with van der Waals surface area (Å²) in [5.74, 6) is 0.568. The molecule has 0 aliphatic heterocycles. The molecule has 9 nitrogen and oxygen atoms in total. The van der Waals surface area contributed by atoms with E-state index in [4.69, 9.17) is 4.98 Å². The fourth-order valence-electron chi connectivity index (χ4n) is 4.16. The second-order valence-corrected chi connectivity index (χ2v) is 8.70. The molecule has 9 heteroatoms. The van der Waals surface area contributed by atoms with Gasteiger partial charge in [-0.2, -0.15) is 10.4 Å². The lowest BCUT2D eigenvalue weighted by Crippen LogP contribution is -2.25. The molecule has 172 valence electrons. The maximum atomic E-state index is 12.4. The van der Waals surface area contributed by atoms with Gasteiger partial charge in [-0.1, -0.05) is 12.1 Å². The first-order valence-electron chi connectivity index (χ1n) is 11.4. The number of carbonyl (C=O) groups excluding carboxylic acids is 1. The van der Waals surface area contributed by atoms with E-state index < -0.39 is 0 Å². The zero-order valence-corrected chi connectivity index (χ0v) is 19.1. The molecule has 6 rings (SSSR count). The van der Waals surface area contributed by atoms with Crippen molar-refractivity contribution in [1.29, 1.82) is 5.26 Å². The van der Waals surface area contributed by atoms with Crippen LogP contribution in [0.1, 0.15) is 34.5 Å². The van der Waals surface area contributed by atoms with Crippen LogP contribution < -0.4 is 10.6 Å². The van der Waals surface area contributed by atoms with Crippen molar-refractivity contribution < 1.29 is 4.79 Å². The van der Waals surface area contributed by atoms with E-state index in [2.05, 4.69) is 26.8 Å². The molecule has 0 unspecified atom stereocenters. The first-order chi connectivity index (χ1) is 17.1. The topological polar surface area (TPSA) is 113 Å². The van der Waals surface area contributed by atoms with Crippen LogP contribution in [0.15, 0.2) is 60.9 Å². The van der Waals surface area contributed by atoms with Crippen molar-refractivity contribution in [3.8, 4) is 17.3 Å². The van der Waals surface area contributed by atoms with Gasteiger partial charge in [-0.25, -0.2) is 9.97 Å². The van der Waals surface area contributed by atoms with Gasteiger partial charge in [-0.3, -0.25) is 13.9 Å². The molecule has 3 aromatic heterocycles. The molecule has 1 fully saturated rings. The van der Waals surface area contributed by atoms with E-state index in [1.807, 2.05) is 54.0 Å². The minimum Gasteiger partial charge on any atom is -0.361 e. The number of imidazole rings is 1. The monoisotopic (exact) mass is 462 g/mol. The van der Waals surface area contributed by atoms with Gasteiger partial charge in [0.25, 0.3) is 5.91 Å². The predicted octanol–water partition coefficient (Wildman–Crippen LogP) is 3.66. The van der Waals surface area contributed by atoms with Crippen LogP contribution in [-0.4, -0.2) is 36.1 Å². The summed E-state index contributed by atoms with van der Waals surface area (Å²) in [6.07, 6.45) is 5.67. The highest BCUT2D eigenvalue weighted by Crippen LogP contribution is 2.29. The van der Waals surface area contributed by atoms with Crippen molar-refractivity contribution in [2.24, 2.45) is 7.05 Å². The molecule has 1 saturated carbocycles. The molecule has 0 saturated heterocycles. The van der Waals surface area contributed by atoms with Gasteiger partial charge in [0.2, 0.25) is 0 Å². The van der Waals surface area contributed by atoms with Gasteiger partial charge in [0.05, 0.1) is 46.8 Å².